The predicted molar refractivity (Wildman–Crippen MR) is 47.8 cm³/mol. The Morgan fingerprint density at radius 1 is 1.58 bits per heavy atom. The fourth-order valence-electron chi connectivity index (χ4n) is 1.62. The smallest absolute Gasteiger partial charge is 0.183 e. The summed E-state index contributed by atoms with van der Waals surface area (Å²) in [5.74, 6) is -0.506. The molecule has 0 amide bonds. The quantitative estimate of drug-likeness (QED) is 0.699. The molecule has 0 spiro atoms. The van der Waals surface area contributed by atoms with Crippen LogP contribution in [0.3, 0.4) is 0 Å². The first-order chi connectivity index (χ1) is 5.64. The summed E-state index contributed by atoms with van der Waals surface area (Å²) in [6, 6.07) is -0.00699. The summed E-state index contributed by atoms with van der Waals surface area (Å²) in [6.07, 6.45) is 1.90. The number of ether oxygens (including phenoxy) is 2. The van der Waals surface area contributed by atoms with Crippen LogP contribution in [0.2, 0.25) is 0 Å². The lowest BCUT2D eigenvalue weighted by Crippen LogP contribution is -2.48. The van der Waals surface area contributed by atoms with Gasteiger partial charge in [0.2, 0.25) is 0 Å². The highest BCUT2D eigenvalue weighted by atomic mass is 16.7. The Balaban J connectivity index is 2.63. The van der Waals surface area contributed by atoms with Crippen LogP contribution in [0.25, 0.3) is 0 Å². The Hall–Kier alpha value is -0.120. The van der Waals surface area contributed by atoms with Gasteiger partial charge in [-0.3, -0.25) is 0 Å². The molecular weight excluding hydrogens is 154 g/mol. The molecular formula is C9H19NO2. The van der Waals surface area contributed by atoms with Crippen LogP contribution in [-0.4, -0.2) is 24.5 Å². The Bertz CT molecular complexity index is 151. The molecule has 1 rings (SSSR count). The predicted octanol–water partition coefficient (Wildman–Crippen LogP) is 1.27. The molecule has 3 nitrogen and oxygen atoms in total. The van der Waals surface area contributed by atoms with E-state index < -0.39 is 5.79 Å². The minimum Gasteiger partial charge on any atom is -0.346 e. The lowest BCUT2D eigenvalue weighted by atomic mass is 10.0. The molecule has 1 aliphatic rings. The van der Waals surface area contributed by atoms with Crippen molar-refractivity contribution in [2.24, 2.45) is 5.73 Å². The van der Waals surface area contributed by atoms with Crippen LogP contribution < -0.4 is 5.73 Å². The maximum Gasteiger partial charge on any atom is 0.183 e. The van der Waals surface area contributed by atoms with E-state index in [0.29, 0.717) is 6.61 Å². The van der Waals surface area contributed by atoms with Gasteiger partial charge in [0.25, 0.3) is 0 Å². The maximum absolute atomic E-state index is 5.94. The second-order valence-electron chi connectivity index (χ2n) is 3.42. The Morgan fingerprint density at radius 3 is 2.58 bits per heavy atom. The fourth-order valence-corrected chi connectivity index (χ4v) is 1.62. The van der Waals surface area contributed by atoms with Gasteiger partial charge in [0.05, 0.1) is 18.8 Å². The third kappa shape index (κ3) is 1.63. The highest BCUT2D eigenvalue weighted by Gasteiger charge is 2.42. The summed E-state index contributed by atoms with van der Waals surface area (Å²) in [5.41, 5.74) is 5.94. The van der Waals surface area contributed by atoms with Gasteiger partial charge >= 0.3 is 0 Å². The Kier molecular flexibility index (Phi) is 3.09. The molecule has 0 saturated carbocycles. The van der Waals surface area contributed by atoms with E-state index in [-0.39, 0.29) is 12.1 Å². The van der Waals surface area contributed by atoms with E-state index in [1.807, 2.05) is 13.8 Å². The van der Waals surface area contributed by atoms with Crippen molar-refractivity contribution < 1.29 is 9.47 Å². The van der Waals surface area contributed by atoms with Crippen LogP contribution in [0, 0.1) is 0 Å². The van der Waals surface area contributed by atoms with Gasteiger partial charge in [0.1, 0.15) is 0 Å². The number of nitrogens with two attached hydrogens (primary N) is 1. The van der Waals surface area contributed by atoms with Crippen LogP contribution in [0.1, 0.15) is 33.6 Å². The first-order valence-electron chi connectivity index (χ1n) is 4.72. The molecule has 0 aliphatic carbocycles. The Labute approximate surface area is 74.2 Å². The van der Waals surface area contributed by atoms with Crippen LogP contribution in [0.5, 0.6) is 0 Å². The van der Waals surface area contributed by atoms with Crippen molar-refractivity contribution in [3.05, 3.63) is 0 Å². The standard InChI is InChI=1S/C9H19NO2/c1-4-8(10)9(5-2)11-6-7(3)12-9/h7-8H,4-6,10H2,1-3H3. The van der Waals surface area contributed by atoms with E-state index in [0.717, 1.165) is 12.8 Å². The first kappa shape index (κ1) is 9.96. The van der Waals surface area contributed by atoms with Gasteiger partial charge in [0, 0.05) is 6.42 Å². The number of hydrogen-bond acceptors (Lipinski definition) is 3. The second-order valence-corrected chi connectivity index (χ2v) is 3.42. The van der Waals surface area contributed by atoms with Crippen molar-refractivity contribution in [3.63, 3.8) is 0 Å². The average molecular weight is 173 g/mol. The molecule has 3 heteroatoms. The molecule has 1 heterocycles. The summed E-state index contributed by atoms with van der Waals surface area (Å²) >= 11 is 0. The molecule has 12 heavy (non-hydrogen) atoms. The highest BCUT2D eigenvalue weighted by Crippen LogP contribution is 2.30. The summed E-state index contributed by atoms with van der Waals surface area (Å²) in [6.45, 7) is 6.78. The van der Waals surface area contributed by atoms with E-state index in [2.05, 4.69) is 6.92 Å². The molecule has 0 bridgehead atoms. The first-order valence-corrected chi connectivity index (χ1v) is 4.72. The van der Waals surface area contributed by atoms with Crippen LogP contribution in [-0.2, 0) is 9.47 Å². The van der Waals surface area contributed by atoms with Gasteiger partial charge in [-0.25, -0.2) is 0 Å². The van der Waals surface area contributed by atoms with E-state index >= 15 is 0 Å². The zero-order valence-electron chi connectivity index (χ0n) is 8.17. The molecule has 0 aromatic heterocycles. The van der Waals surface area contributed by atoms with Crippen molar-refractivity contribution in [3.8, 4) is 0 Å². The summed E-state index contributed by atoms with van der Waals surface area (Å²) in [5, 5.41) is 0. The van der Waals surface area contributed by atoms with Crippen LogP contribution in [0.15, 0.2) is 0 Å². The van der Waals surface area contributed by atoms with Crippen molar-refractivity contribution in [1.29, 1.82) is 0 Å². The molecule has 72 valence electrons. The monoisotopic (exact) mass is 173 g/mol. The van der Waals surface area contributed by atoms with Gasteiger partial charge in [-0.05, 0) is 13.3 Å². The van der Waals surface area contributed by atoms with Gasteiger partial charge in [-0.15, -0.1) is 0 Å². The summed E-state index contributed by atoms with van der Waals surface area (Å²) in [7, 11) is 0. The van der Waals surface area contributed by atoms with Gasteiger partial charge in [-0.1, -0.05) is 13.8 Å². The van der Waals surface area contributed by atoms with E-state index in [1.165, 1.54) is 0 Å². The highest BCUT2D eigenvalue weighted by molar-refractivity contribution is 4.85. The normalized spacial score (nSPS) is 38.5. The summed E-state index contributed by atoms with van der Waals surface area (Å²) in [4.78, 5) is 0. The SMILES string of the molecule is CCC(N)C1(CC)OCC(C)O1. The molecule has 0 radical (unpaired) electrons. The molecule has 3 unspecified atom stereocenters. The lowest BCUT2D eigenvalue weighted by Gasteiger charge is -2.31. The van der Waals surface area contributed by atoms with Crippen molar-refractivity contribution >= 4 is 0 Å². The van der Waals surface area contributed by atoms with E-state index in [4.69, 9.17) is 15.2 Å². The molecule has 1 saturated heterocycles. The largest absolute Gasteiger partial charge is 0.346 e. The molecule has 0 aromatic carbocycles. The van der Waals surface area contributed by atoms with Crippen LogP contribution in [0.4, 0.5) is 0 Å². The zero-order chi connectivity index (χ0) is 9.19. The maximum atomic E-state index is 5.94. The molecule has 1 aliphatic heterocycles. The van der Waals surface area contributed by atoms with E-state index in [1.54, 1.807) is 0 Å². The molecule has 1 fully saturated rings. The van der Waals surface area contributed by atoms with Gasteiger partial charge in [0.15, 0.2) is 5.79 Å². The van der Waals surface area contributed by atoms with Crippen molar-refractivity contribution in [2.45, 2.75) is 51.5 Å². The lowest BCUT2D eigenvalue weighted by molar-refractivity contribution is -0.183. The van der Waals surface area contributed by atoms with Crippen molar-refractivity contribution in [2.75, 3.05) is 6.61 Å². The third-order valence-corrected chi connectivity index (χ3v) is 2.46. The Morgan fingerprint density at radius 2 is 2.25 bits per heavy atom. The van der Waals surface area contributed by atoms with Crippen LogP contribution >= 0.6 is 0 Å². The minimum absolute atomic E-state index is 0.00699. The number of rotatable bonds is 3. The third-order valence-electron chi connectivity index (χ3n) is 2.46. The zero-order valence-corrected chi connectivity index (χ0v) is 8.17. The minimum atomic E-state index is -0.506. The van der Waals surface area contributed by atoms with Gasteiger partial charge in [-0.2, -0.15) is 0 Å². The molecule has 2 N–H and O–H groups in total. The van der Waals surface area contributed by atoms with E-state index in [9.17, 15) is 0 Å². The summed E-state index contributed by atoms with van der Waals surface area (Å²) < 4.78 is 11.3. The average Bonchev–Trinajstić information content (AvgIpc) is 2.47. The second kappa shape index (κ2) is 3.73. The topological polar surface area (TPSA) is 44.5 Å². The number of hydrogen-bond donors (Lipinski definition) is 1. The van der Waals surface area contributed by atoms with Gasteiger partial charge < -0.3 is 15.2 Å². The fraction of sp³-hybridized carbons (Fsp3) is 1.00. The molecule has 0 aromatic rings. The van der Waals surface area contributed by atoms with Crippen molar-refractivity contribution in [1.82, 2.24) is 0 Å². The molecule has 3 atom stereocenters.